The fourth-order valence-corrected chi connectivity index (χ4v) is 2.10. The molecule has 0 N–H and O–H groups in total. The maximum absolute atomic E-state index is 12.2. The van der Waals surface area contributed by atoms with Crippen LogP contribution in [-0.2, 0) is 18.4 Å². The molecule has 108 valence electrons. The number of likely N-dealkylation sites (N-methyl/N-ethyl adjacent to an activating group) is 1. The van der Waals surface area contributed by atoms with E-state index in [1.807, 2.05) is 13.8 Å². The third kappa shape index (κ3) is 2.71. The minimum Gasteiger partial charge on any atom is -0.344 e. The number of fused-ring (bicyclic) bond motifs is 1. The second kappa shape index (κ2) is 5.44. The van der Waals surface area contributed by atoms with Crippen molar-refractivity contribution in [2.75, 3.05) is 13.6 Å². The minimum absolute atomic E-state index is 0.000111. The van der Waals surface area contributed by atoms with Crippen LogP contribution in [0.3, 0.4) is 0 Å². The molecule has 0 radical (unpaired) electrons. The second-order valence-corrected chi connectivity index (χ2v) is 5.35. The van der Waals surface area contributed by atoms with Crippen molar-refractivity contribution in [3.8, 4) is 0 Å². The summed E-state index contributed by atoms with van der Waals surface area (Å²) in [4.78, 5) is 30.1. The lowest BCUT2D eigenvalue weighted by Crippen LogP contribution is -2.36. The molecule has 0 aliphatic heterocycles. The van der Waals surface area contributed by atoms with Crippen molar-refractivity contribution >= 4 is 16.9 Å². The third-order valence-corrected chi connectivity index (χ3v) is 3.09. The van der Waals surface area contributed by atoms with Crippen LogP contribution >= 0.6 is 0 Å². The van der Waals surface area contributed by atoms with Crippen LogP contribution in [0.25, 0.3) is 11.0 Å². The first kappa shape index (κ1) is 14.2. The molecule has 2 heterocycles. The largest absolute Gasteiger partial charge is 0.344 e. The predicted octanol–water partition coefficient (Wildman–Crippen LogP) is 0.244. The van der Waals surface area contributed by atoms with Crippen molar-refractivity contribution in [1.82, 2.24) is 24.2 Å². The summed E-state index contributed by atoms with van der Waals surface area (Å²) in [5, 5.41) is 4.42. The Bertz CT molecular complexity index is 686. The van der Waals surface area contributed by atoms with Gasteiger partial charge >= 0.3 is 0 Å². The van der Waals surface area contributed by atoms with Crippen molar-refractivity contribution < 1.29 is 4.79 Å². The van der Waals surface area contributed by atoms with E-state index in [1.54, 1.807) is 19.0 Å². The number of hydrogen-bond acceptors (Lipinski definition) is 4. The Balaban J connectivity index is 2.24. The zero-order valence-corrected chi connectivity index (χ0v) is 12.2. The lowest BCUT2D eigenvalue weighted by atomic mass is 10.2. The fraction of sp³-hybridized carbons (Fsp3) is 0.538. The van der Waals surface area contributed by atoms with Crippen LogP contribution in [0.5, 0.6) is 0 Å². The zero-order chi connectivity index (χ0) is 14.9. The van der Waals surface area contributed by atoms with Crippen molar-refractivity contribution in [2.45, 2.75) is 20.4 Å². The van der Waals surface area contributed by atoms with Gasteiger partial charge in [0.1, 0.15) is 18.3 Å². The highest BCUT2D eigenvalue weighted by molar-refractivity contribution is 5.77. The smallest absolute Gasteiger partial charge is 0.264 e. The van der Waals surface area contributed by atoms with Gasteiger partial charge in [-0.25, -0.2) is 4.98 Å². The van der Waals surface area contributed by atoms with Gasteiger partial charge in [0.15, 0.2) is 5.65 Å². The number of aryl methyl sites for hydroxylation is 1. The van der Waals surface area contributed by atoms with E-state index in [0.29, 0.717) is 23.5 Å². The van der Waals surface area contributed by atoms with E-state index in [9.17, 15) is 9.59 Å². The molecule has 0 fully saturated rings. The summed E-state index contributed by atoms with van der Waals surface area (Å²) >= 11 is 0. The van der Waals surface area contributed by atoms with E-state index in [1.165, 1.54) is 21.8 Å². The Hall–Kier alpha value is -2.18. The molecule has 2 aromatic heterocycles. The number of amides is 1. The highest BCUT2D eigenvalue weighted by Crippen LogP contribution is 2.03. The number of hydrogen-bond donors (Lipinski definition) is 0. The van der Waals surface area contributed by atoms with Crippen molar-refractivity contribution in [1.29, 1.82) is 0 Å². The molecule has 0 saturated carbocycles. The molecule has 7 nitrogen and oxygen atoms in total. The van der Waals surface area contributed by atoms with Gasteiger partial charge in [-0.05, 0) is 5.92 Å². The summed E-state index contributed by atoms with van der Waals surface area (Å²) in [7, 11) is 3.46. The molecule has 2 rings (SSSR count). The van der Waals surface area contributed by atoms with Gasteiger partial charge in [0.25, 0.3) is 5.56 Å². The van der Waals surface area contributed by atoms with Gasteiger partial charge in [-0.1, -0.05) is 13.8 Å². The molecular formula is C13H19N5O2. The summed E-state index contributed by atoms with van der Waals surface area (Å²) in [5.41, 5.74) is 0.281. The highest BCUT2D eigenvalue weighted by atomic mass is 16.2. The first-order valence-corrected chi connectivity index (χ1v) is 6.51. The first-order chi connectivity index (χ1) is 9.40. The molecule has 0 bridgehead atoms. The number of carbonyl (C=O) groups excluding carboxylic acids is 1. The Kier molecular flexibility index (Phi) is 3.87. The topological polar surface area (TPSA) is 73.0 Å². The summed E-state index contributed by atoms with van der Waals surface area (Å²) in [6.07, 6.45) is 2.87. The molecule has 0 aliphatic carbocycles. The first-order valence-electron chi connectivity index (χ1n) is 6.51. The molecule has 2 aromatic rings. The Morgan fingerprint density at radius 1 is 1.45 bits per heavy atom. The Labute approximate surface area is 116 Å². The highest BCUT2D eigenvalue weighted by Gasteiger charge is 2.14. The van der Waals surface area contributed by atoms with Gasteiger partial charge in [-0.15, -0.1) is 0 Å². The van der Waals surface area contributed by atoms with E-state index in [2.05, 4.69) is 10.1 Å². The molecule has 0 aromatic carbocycles. The fourth-order valence-electron chi connectivity index (χ4n) is 2.10. The second-order valence-electron chi connectivity index (χ2n) is 5.35. The zero-order valence-electron chi connectivity index (χ0n) is 12.2. The molecule has 0 spiro atoms. The number of carbonyl (C=O) groups is 1. The minimum atomic E-state index is -0.241. The third-order valence-electron chi connectivity index (χ3n) is 3.09. The standard InChI is InChI=1S/C13H19N5O2/c1-9(2)6-16(3)11(19)7-18-8-14-12-10(13(18)20)5-15-17(12)4/h5,8-9H,6-7H2,1-4H3. The lowest BCUT2D eigenvalue weighted by molar-refractivity contribution is -0.131. The number of rotatable bonds is 4. The lowest BCUT2D eigenvalue weighted by Gasteiger charge is -2.19. The van der Waals surface area contributed by atoms with E-state index in [4.69, 9.17) is 0 Å². The van der Waals surface area contributed by atoms with E-state index < -0.39 is 0 Å². The van der Waals surface area contributed by atoms with Gasteiger partial charge in [-0.2, -0.15) is 5.10 Å². The van der Waals surface area contributed by atoms with Crippen molar-refractivity contribution in [3.05, 3.63) is 22.9 Å². The maximum Gasteiger partial charge on any atom is 0.264 e. The summed E-state index contributed by atoms with van der Waals surface area (Å²) < 4.78 is 2.86. The molecule has 0 atom stereocenters. The average molecular weight is 277 g/mol. The van der Waals surface area contributed by atoms with E-state index in [0.717, 1.165) is 0 Å². The molecule has 0 unspecified atom stereocenters. The van der Waals surface area contributed by atoms with Crippen LogP contribution < -0.4 is 5.56 Å². The molecule has 0 saturated heterocycles. The van der Waals surface area contributed by atoms with Crippen LogP contribution in [0.2, 0.25) is 0 Å². The molecule has 20 heavy (non-hydrogen) atoms. The van der Waals surface area contributed by atoms with Gasteiger partial charge < -0.3 is 4.90 Å². The van der Waals surface area contributed by atoms with Crippen LogP contribution in [-0.4, -0.2) is 43.7 Å². The van der Waals surface area contributed by atoms with Gasteiger partial charge in [0.2, 0.25) is 5.91 Å². The monoisotopic (exact) mass is 277 g/mol. The normalized spacial score (nSPS) is 11.2. The maximum atomic E-state index is 12.2. The van der Waals surface area contributed by atoms with Gasteiger partial charge in [-0.3, -0.25) is 18.8 Å². The quantitative estimate of drug-likeness (QED) is 0.802. The number of nitrogens with zero attached hydrogens (tertiary/aromatic N) is 5. The predicted molar refractivity (Wildman–Crippen MR) is 75.2 cm³/mol. The molecular weight excluding hydrogens is 258 g/mol. The van der Waals surface area contributed by atoms with Crippen LogP contribution in [0, 0.1) is 5.92 Å². The van der Waals surface area contributed by atoms with Crippen LogP contribution in [0.15, 0.2) is 17.3 Å². The summed E-state index contributed by atoms with van der Waals surface area (Å²) in [5.74, 6) is 0.283. The van der Waals surface area contributed by atoms with Gasteiger partial charge in [0, 0.05) is 20.6 Å². The van der Waals surface area contributed by atoms with Crippen molar-refractivity contribution in [3.63, 3.8) is 0 Å². The van der Waals surface area contributed by atoms with Gasteiger partial charge in [0.05, 0.1) is 6.20 Å². The van der Waals surface area contributed by atoms with E-state index in [-0.39, 0.29) is 18.0 Å². The Morgan fingerprint density at radius 3 is 2.80 bits per heavy atom. The van der Waals surface area contributed by atoms with Crippen LogP contribution in [0.4, 0.5) is 0 Å². The SMILES string of the molecule is CC(C)CN(C)C(=O)Cn1cnc2c(cnn2C)c1=O. The number of aromatic nitrogens is 4. The molecule has 1 amide bonds. The van der Waals surface area contributed by atoms with E-state index >= 15 is 0 Å². The summed E-state index contributed by atoms with van der Waals surface area (Å²) in [6.45, 7) is 4.74. The molecule has 0 aliphatic rings. The molecule has 7 heteroatoms. The van der Waals surface area contributed by atoms with Crippen LogP contribution in [0.1, 0.15) is 13.8 Å². The Morgan fingerprint density at radius 2 is 2.15 bits per heavy atom. The van der Waals surface area contributed by atoms with Crippen molar-refractivity contribution in [2.24, 2.45) is 13.0 Å². The summed E-state index contributed by atoms with van der Waals surface area (Å²) in [6, 6.07) is 0. The average Bonchev–Trinajstić information content (AvgIpc) is 2.74.